The highest BCUT2D eigenvalue weighted by Gasteiger charge is 2.32. The summed E-state index contributed by atoms with van der Waals surface area (Å²) in [6.07, 6.45) is 2.86. The van der Waals surface area contributed by atoms with E-state index in [4.69, 9.17) is 12.2 Å². The lowest BCUT2D eigenvalue weighted by molar-refractivity contribution is 0.0974. The van der Waals surface area contributed by atoms with Crippen LogP contribution in [0.25, 0.3) is 0 Å². The second kappa shape index (κ2) is 7.98. The molecular formula is C21H22FN3OS2. The van der Waals surface area contributed by atoms with Crippen molar-refractivity contribution in [2.24, 2.45) is 11.3 Å². The van der Waals surface area contributed by atoms with Crippen LogP contribution in [0.4, 0.5) is 9.39 Å². The zero-order valence-corrected chi connectivity index (χ0v) is 17.7. The molecule has 1 aliphatic rings. The van der Waals surface area contributed by atoms with Gasteiger partial charge in [-0.1, -0.05) is 32.9 Å². The fourth-order valence-electron chi connectivity index (χ4n) is 3.48. The Bertz CT molecular complexity index is 969. The molecular weight excluding hydrogens is 393 g/mol. The van der Waals surface area contributed by atoms with Crippen LogP contribution in [-0.4, -0.2) is 11.0 Å². The van der Waals surface area contributed by atoms with Gasteiger partial charge in [0.25, 0.3) is 5.91 Å². The first-order chi connectivity index (χ1) is 13.2. The molecule has 0 bridgehead atoms. The molecule has 2 N–H and O–H groups in total. The van der Waals surface area contributed by atoms with E-state index in [1.54, 1.807) is 6.07 Å². The molecule has 0 radical (unpaired) electrons. The summed E-state index contributed by atoms with van der Waals surface area (Å²) in [6.45, 7) is 6.73. The summed E-state index contributed by atoms with van der Waals surface area (Å²) in [5.74, 6) is -0.672. The molecule has 0 unspecified atom stereocenters. The predicted octanol–water partition coefficient (Wildman–Crippen LogP) is 5.04. The highest BCUT2D eigenvalue weighted by Crippen LogP contribution is 2.43. The zero-order valence-electron chi connectivity index (χ0n) is 16.1. The highest BCUT2D eigenvalue weighted by molar-refractivity contribution is 7.80. The van der Waals surface area contributed by atoms with Crippen molar-refractivity contribution in [3.63, 3.8) is 0 Å². The number of amides is 1. The monoisotopic (exact) mass is 415 g/mol. The number of nitrogens with zero attached hydrogens (tertiary/aromatic N) is 1. The lowest BCUT2D eigenvalue weighted by Crippen LogP contribution is -2.34. The SMILES string of the molecule is CC(C)(C)[C@@H]1CCc2c(sc(NC(=S)NC(=O)c3ccccc3F)c2C#N)C1. The zero-order chi connectivity index (χ0) is 20.5. The van der Waals surface area contributed by atoms with Crippen LogP contribution in [0.15, 0.2) is 24.3 Å². The fraction of sp³-hybridized carbons (Fsp3) is 0.381. The summed E-state index contributed by atoms with van der Waals surface area (Å²) < 4.78 is 13.8. The molecule has 28 heavy (non-hydrogen) atoms. The van der Waals surface area contributed by atoms with E-state index in [0.717, 1.165) is 24.8 Å². The smallest absolute Gasteiger partial charge is 0.260 e. The standard InChI is InChI=1S/C21H22FN3OS2/c1-21(2,3)12-8-9-13-15(11-23)19(28-17(13)10-12)25-20(27)24-18(26)14-6-4-5-7-16(14)22/h4-7,12H,8-10H2,1-3H3,(H2,24,25,26,27)/t12-/m1/s1. The van der Waals surface area contributed by atoms with Gasteiger partial charge in [0.2, 0.25) is 0 Å². The molecule has 1 heterocycles. The number of anilines is 1. The van der Waals surface area contributed by atoms with E-state index >= 15 is 0 Å². The maximum absolute atomic E-state index is 13.8. The number of benzene rings is 1. The quantitative estimate of drug-likeness (QED) is 0.675. The lowest BCUT2D eigenvalue weighted by Gasteiger charge is -2.33. The van der Waals surface area contributed by atoms with E-state index in [9.17, 15) is 14.4 Å². The van der Waals surface area contributed by atoms with Gasteiger partial charge in [0.05, 0.1) is 11.1 Å². The molecule has 1 aromatic heterocycles. The minimum absolute atomic E-state index is 0.0516. The van der Waals surface area contributed by atoms with Crippen LogP contribution in [0.3, 0.4) is 0 Å². The first-order valence-electron chi connectivity index (χ1n) is 9.12. The molecule has 1 aliphatic carbocycles. The minimum Gasteiger partial charge on any atom is -0.323 e. The van der Waals surface area contributed by atoms with Gasteiger partial charge < -0.3 is 5.32 Å². The molecule has 146 valence electrons. The van der Waals surface area contributed by atoms with Crippen molar-refractivity contribution in [3.05, 3.63) is 51.7 Å². The van der Waals surface area contributed by atoms with E-state index in [-0.39, 0.29) is 16.1 Å². The largest absolute Gasteiger partial charge is 0.323 e. The van der Waals surface area contributed by atoms with Crippen LogP contribution < -0.4 is 10.6 Å². The highest BCUT2D eigenvalue weighted by atomic mass is 32.1. The van der Waals surface area contributed by atoms with Crippen molar-refractivity contribution in [1.29, 1.82) is 5.26 Å². The Labute approximate surface area is 173 Å². The second-order valence-corrected chi connectivity index (χ2v) is 9.53. The third-order valence-electron chi connectivity index (χ3n) is 5.17. The summed E-state index contributed by atoms with van der Waals surface area (Å²) in [5.41, 5.74) is 1.81. The maximum Gasteiger partial charge on any atom is 0.260 e. The average molecular weight is 416 g/mol. The van der Waals surface area contributed by atoms with Gasteiger partial charge in [0.15, 0.2) is 5.11 Å². The number of carbonyl (C=O) groups is 1. The lowest BCUT2D eigenvalue weighted by atomic mass is 9.72. The van der Waals surface area contributed by atoms with E-state index in [2.05, 4.69) is 37.5 Å². The molecule has 1 aromatic carbocycles. The minimum atomic E-state index is -0.622. The number of hydrogen-bond donors (Lipinski definition) is 2. The van der Waals surface area contributed by atoms with Gasteiger partial charge >= 0.3 is 0 Å². The molecule has 4 nitrogen and oxygen atoms in total. The number of carbonyl (C=O) groups excluding carboxylic acids is 1. The number of rotatable bonds is 2. The molecule has 7 heteroatoms. The number of thiocarbonyl (C=S) groups is 1. The number of thiophene rings is 1. The Kier molecular flexibility index (Phi) is 5.82. The van der Waals surface area contributed by atoms with Crippen LogP contribution in [0.5, 0.6) is 0 Å². The van der Waals surface area contributed by atoms with E-state index in [1.807, 2.05) is 0 Å². The van der Waals surface area contributed by atoms with Gasteiger partial charge in [0, 0.05) is 4.88 Å². The van der Waals surface area contributed by atoms with Gasteiger partial charge in [-0.05, 0) is 60.5 Å². The fourth-order valence-corrected chi connectivity index (χ4v) is 5.02. The number of fused-ring (bicyclic) bond motifs is 1. The summed E-state index contributed by atoms with van der Waals surface area (Å²) in [5, 5.41) is 15.8. The Morgan fingerprint density at radius 3 is 2.71 bits per heavy atom. The molecule has 0 saturated carbocycles. The molecule has 0 spiro atoms. The second-order valence-electron chi connectivity index (χ2n) is 8.01. The topological polar surface area (TPSA) is 64.9 Å². The molecule has 0 fully saturated rings. The van der Waals surface area contributed by atoms with Crippen molar-refractivity contribution >= 4 is 39.6 Å². The van der Waals surface area contributed by atoms with E-state index in [0.29, 0.717) is 16.5 Å². The summed E-state index contributed by atoms with van der Waals surface area (Å²) in [7, 11) is 0. The Hall–Kier alpha value is -2.30. The predicted molar refractivity (Wildman–Crippen MR) is 114 cm³/mol. The van der Waals surface area contributed by atoms with Crippen LogP contribution in [-0.2, 0) is 12.8 Å². The van der Waals surface area contributed by atoms with Crippen LogP contribution in [0.2, 0.25) is 0 Å². The van der Waals surface area contributed by atoms with E-state index in [1.165, 1.54) is 34.4 Å². The van der Waals surface area contributed by atoms with Crippen molar-refractivity contribution < 1.29 is 9.18 Å². The van der Waals surface area contributed by atoms with Crippen molar-refractivity contribution in [2.75, 3.05) is 5.32 Å². The third kappa shape index (κ3) is 4.23. The number of halogens is 1. The molecule has 0 aliphatic heterocycles. The maximum atomic E-state index is 13.8. The Morgan fingerprint density at radius 1 is 1.36 bits per heavy atom. The molecule has 1 amide bonds. The van der Waals surface area contributed by atoms with Crippen LogP contribution in [0, 0.1) is 28.5 Å². The molecule has 3 rings (SSSR count). The first kappa shape index (κ1) is 20.4. The molecule has 0 saturated heterocycles. The average Bonchev–Trinajstić information content (AvgIpc) is 2.97. The van der Waals surface area contributed by atoms with Crippen LogP contribution >= 0.6 is 23.6 Å². The van der Waals surface area contributed by atoms with Crippen molar-refractivity contribution in [3.8, 4) is 6.07 Å². The third-order valence-corrected chi connectivity index (χ3v) is 6.55. The van der Waals surface area contributed by atoms with Gasteiger partial charge in [-0.3, -0.25) is 10.1 Å². The van der Waals surface area contributed by atoms with Gasteiger partial charge in [-0.2, -0.15) is 5.26 Å². The molecule has 1 atom stereocenters. The summed E-state index contributed by atoms with van der Waals surface area (Å²) in [6, 6.07) is 7.99. The Balaban J connectivity index is 1.75. The van der Waals surface area contributed by atoms with Gasteiger partial charge in [0.1, 0.15) is 16.9 Å². The van der Waals surface area contributed by atoms with Crippen molar-refractivity contribution in [2.45, 2.75) is 40.0 Å². The summed E-state index contributed by atoms with van der Waals surface area (Å²) in [4.78, 5) is 13.4. The Morgan fingerprint density at radius 2 is 2.07 bits per heavy atom. The number of nitriles is 1. The summed E-state index contributed by atoms with van der Waals surface area (Å²) >= 11 is 6.73. The van der Waals surface area contributed by atoms with Crippen molar-refractivity contribution in [1.82, 2.24) is 5.32 Å². The van der Waals surface area contributed by atoms with Crippen LogP contribution in [0.1, 0.15) is 53.6 Å². The normalized spacial score (nSPS) is 16.0. The van der Waals surface area contributed by atoms with E-state index < -0.39 is 11.7 Å². The first-order valence-corrected chi connectivity index (χ1v) is 10.3. The number of nitrogens with one attached hydrogen (secondary N) is 2. The van der Waals surface area contributed by atoms with Gasteiger partial charge in [-0.25, -0.2) is 4.39 Å². The number of hydrogen-bond acceptors (Lipinski definition) is 4. The van der Waals surface area contributed by atoms with Gasteiger partial charge in [-0.15, -0.1) is 11.3 Å². The molecule has 2 aromatic rings.